The van der Waals surface area contributed by atoms with Gasteiger partial charge in [0.05, 0.1) is 12.2 Å². The lowest BCUT2D eigenvalue weighted by molar-refractivity contribution is -0.0320. The smallest absolute Gasteiger partial charge is 0.450 e. The summed E-state index contributed by atoms with van der Waals surface area (Å²) in [6.45, 7) is -0.0577. The zero-order valence-corrected chi connectivity index (χ0v) is 7.92. The van der Waals surface area contributed by atoms with Crippen LogP contribution in [-0.2, 0) is 14.2 Å². The van der Waals surface area contributed by atoms with Crippen molar-refractivity contribution in [2.75, 3.05) is 13.2 Å². The fourth-order valence-corrected chi connectivity index (χ4v) is 1.35. The molecule has 0 saturated carbocycles. The molecule has 0 aromatic carbocycles. The van der Waals surface area contributed by atoms with E-state index in [0.29, 0.717) is 12.8 Å². The third-order valence-electron chi connectivity index (χ3n) is 1.98. The van der Waals surface area contributed by atoms with E-state index in [1.807, 2.05) is 0 Å². The van der Waals surface area contributed by atoms with Crippen LogP contribution in [0, 0.1) is 0 Å². The van der Waals surface area contributed by atoms with Gasteiger partial charge in [0.25, 0.3) is 0 Å². The van der Waals surface area contributed by atoms with Gasteiger partial charge >= 0.3 is 12.3 Å². The zero-order valence-electron chi connectivity index (χ0n) is 7.92. The molecular weight excluding hydrogens is 208 g/mol. The molecule has 1 aliphatic heterocycles. The Balaban J connectivity index is 2.15. The minimum Gasteiger partial charge on any atom is -0.450 e. The van der Waals surface area contributed by atoms with Gasteiger partial charge in [0.15, 0.2) is 0 Å². The lowest BCUT2D eigenvalue weighted by Crippen LogP contribution is -2.22. The fraction of sp³-hybridized carbons (Fsp3) is 0.750. The molecule has 15 heavy (non-hydrogen) atoms. The molecule has 0 amide bonds. The summed E-state index contributed by atoms with van der Waals surface area (Å²) >= 11 is 0. The molecule has 2 atom stereocenters. The Morgan fingerprint density at radius 2 is 1.47 bits per heavy atom. The van der Waals surface area contributed by atoms with E-state index < -0.39 is 12.3 Å². The van der Waals surface area contributed by atoms with Gasteiger partial charge in [-0.1, -0.05) is 0 Å². The number of carboxylic acid groups (broad SMARTS) is 2. The van der Waals surface area contributed by atoms with Crippen molar-refractivity contribution in [2.45, 2.75) is 25.0 Å². The van der Waals surface area contributed by atoms with Crippen molar-refractivity contribution in [2.24, 2.45) is 0 Å². The summed E-state index contributed by atoms with van der Waals surface area (Å²) in [7, 11) is 0. The first-order valence-corrected chi connectivity index (χ1v) is 4.45. The topological polar surface area (TPSA) is 102 Å². The standard InChI is InChI=1S/C8H12O7/c9-7(10)13-3-5-1-2-6(15-5)4-14-8(11)12/h5-6H,1-4H2,(H,9,10)(H,11,12)/t5-,6-/m0/s1. The van der Waals surface area contributed by atoms with Gasteiger partial charge in [-0.2, -0.15) is 0 Å². The van der Waals surface area contributed by atoms with E-state index in [2.05, 4.69) is 9.47 Å². The van der Waals surface area contributed by atoms with Gasteiger partial charge in [0, 0.05) is 0 Å². The van der Waals surface area contributed by atoms with Crippen LogP contribution in [-0.4, -0.2) is 47.9 Å². The first kappa shape index (κ1) is 11.6. The predicted molar refractivity (Wildman–Crippen MR) is 45.8 cm³/mol. The molecule has 0 aliphatic carbocycles. The minimum atomic E-state index is -1.34. The van der Waals surface area contributed by atoms with E-state index >= 15 is 0 Å². The second-order valence-corrected chi connectivity index (χ2v) is 3.11. The average Bonchev–Trinajstić information content (AvgIpc) is 2.59. The van der Waals surface area contributed by atoms with Gasteiger partial charge in [-0.15, -0.1) is 0 Å². The van der Waals surface area contributed by atoms with Gasteiger partial charge in [-0.05, 0) is 12.8 Å². The normalized spacial score (nSPS) is 24.8. The van der Waals surface area contributed by atoms with Crippen molar-refractivity contribution in [3.05, 3.63) is 0 Å². The Kier molecular flexibility index (Phi) is 4.17. The molecule has 1 saturated heterocycles. The van der Waals surface area contributed by atoms with Crippen LogP contribution in [0.5, 0.6) is 0 Å². The van der Waals surface area contributed by atoms with Crippen LogP contribution < -0.4 is 0 Å². The Labute approximate surface area is 85.5 Å². The van der Waals surface area contributed by atoms with E-state index in [1.165, 1.54) is 0 Å². The molecule has 7 heteroatoms. The molecule has 0 unspecified atom stereocenters. The molecule has 0 radical (unpaired) electrons. The van der Waals surface area contributed by atoms with Crippen molar-refractivity contribution in [3.63, 3.8) is 0 Å². The van der Waals surface area contributed by atoms with Crippen molar-refractivity contribution < 1.29 is 34.0 Å². The van der Waals surface area contributed by atoms with Crippen LogP contribution in [0.3, 0.4) is 0 Å². The molecule has 0 bridgehead atoms. The van der Waals surface area contributed by atoms with Crippen LogP contribution in [0.1, 0.15) is 12.8 Å². The summed E-state index contributed by atoms with van der Waals surface area (Å²) in [6, 6.07) is 0. The van der Waals surface area contributed by atoms with Crippen molar-refractivity contribution in [1.82, 2.24) is 0 Å². The van der Waals surface area contributed by atoms with Gasteiger partial charge in [-0.3, -0.25) is 0 Å². The van der Waals surface area contributed by atoms with Crippen LogP contribution in [0.4, 0.5) is 9.59 Å². The van der Waals surface area contributed by atoms with Gasteiger partial charge < -0.3 is 24.4 Å². The maximum Gasteiger partial charge on any atom is 0.505 e. The van der Waals surface area contributed by atoms with E-state index in [9.17, 15) is 9.59 Å². The monoisotopic (exact) mass is 220 g/mol. The minimum absolute atomic E-state index is 0.0289. The lowest BCUT2D eigenvalue weighted by atomic mass is 10.2. The Morgan fingerprint density at radius 1 is 1.07 bits per heavy atom. The molecule has 7 nitrogen and oxygen atoms in total. The number of carbonyl (C=O) groups is 2. The van der Waals surface area contributed by atoms with Gasteiger partial charge in [0.2, 0.25) is 0 Å². The third kappa shape index (κ3) is 4.50. The lowest BCUT2D eigenvalue weighted by Gasteiger charge is -2.12. The Bertz CT molecular complexity index is 215. The van der Waals surface area contributed by atoms with E-state index in [0.717, 1.165) is 0 Å². The highest BCUT2D eigenvalue weighted by Gasteiger charge is 2.27. The van der Waals surface area contributed by atoms with E-state index in [-0.39, 0.29) is 25.4 Å². The summed E-state index contributed by atoms with van der Waals surface area (Å²) in [4.78, 5) is 20.1. The largest absolute Gasteiger partial charge is 0.505 e. The molecule has 2 N–H and O–H groups in total. The first-order valence-electron chi connectivity index (χ1n) is 4.45. The van der Waals surface area contributed by atoms with Crippen molar-refractivity contribution in [1.29, 1.82) is 0 Å². The van der Waals surface area contributed by atoms with Crippen LogP contribution in [0.25, 0.3) is 0 Å². The molecule has 1 rings (SSSR count). The molecule has 0 aromatic heterocycles. The third-order valence-corrected chi connectivity index (χ3v) is 1.98. The number of rotatable bonds is 4. The maximum atomic E-state index is 10.1. The predicted octanol–water partition coefficient (Wildman–Crippen LogP) is 0.923. The highest BCUT2D eigenvalue weighted by atomic mass is 16.7. The summed E-state index contributed by atoms with van der Waals surface area (Å²) in [6.07, 6.45) is -2.01. The molecule has 0 aromatic rings. The molecular formula is C8H12O7. The summed E-state index contributed by atoms with van der Waals surface area (Å²) in [5, 5.41) is 16.5. The molecule has 1 fully saturated rings. The second-order valence-electron chi connectivity index (χ2n) is 3.11. The first-order chi connectivity index (χ1) is 7.08. The quantitative estimate of drug-likeness (QED) is 0.679. The van der Waals surface area contributed by atoms with E-state index in [4.69, 9.17) is 14.9 Å². The molecule has 86 valence electrons. The number of hydrogen-bond donors (Lipinski definition) is 2. The average molecular weight is 220 g/mol. The summed E-state index contributed by atoms with van der Waals surface area (Å²) < 4.78 is 14.0. The summed E-state index contributed by atoms with van der Waals surface area (Å²) in [5.74, 6) is 0. The SMILES string of the molecule is O=C(O)OC[C@@H]1CC[C@@H](COC(=O)O)O1. The molecule has 0 spiro atoms. The Morgan fingerprint density at radius 3 is 1.80 bits per heavy atom. The number of hydrogen-bond acceptors (Lipinski definition) is 5. The second kappa shape index (κ2) is 5.40. The maximum absolute atomic E-state index is 10.1. The highest BCUT2D eigenvalue weighted by molar-refractivity contribution is 5.57. The van der Waals surface area contributed by atoms with E-state index in [1.54, 1.807) is 0 Å². The highest BCUT2D eigenvalue weighted by Crippen LogP contribution is 2.20. The molecule has 1 heterocycles. The van der Waals surface area contributed by atoms with Crippen LogP contribution >= 0.6 is 0 Å². The zero-order chi connectivity index (χ0) is 11.3. The molecule has 1 aliphatic rings. The Hall–Kier alpha value is -1.50. The van der Waals surface area contributed by atoms with Gasteiger partial charge in [0.1, 0.15) is 13.2 Å². The summed E-state index contributed by atoms with van der Waals surface area (Å²) in [5.41, 5.74) is 0. The van der Waals surface area contributed by atoms with Crippen molar-refractivity contribution in [3.8, 4) is 0 Å². The van der Waals surface area contributed by atoms with Crippen LogP contribution in [0.15, 0.2) is 0 Å². The van der Waals surface area contributed by atoms with Crippen molar-refractivity contribution >= 4 is 12.3 Å². The fourth-order valence-electron chi connectivity index (χ4n) is 1.35. The number of ether oxygens (including phenoxy) is 3. The van der Waals surface area contributed by atoms with Gasteiger partial charge in [-0.25, -0.2) is 9.59 Å². The van der Waals surface area contributed by atoms with Crippen LogP contribution in [0.2, 0.25) is 0 Å².